The number of aliphatic hydroxyl groups is 1. The molecule has 1 N–H and O–H groups in total. The predicted molar refractivity (Wildman–Crippen MR) is 61.1 cm³/mol. The highest BCUT2D eigenvalue weighted by Crippen LogP contribution is 2.40. The number of hydrogen-bond donors (Lipinski definition) is 1. The predicted octanol–water partition coefficient (Wildman–Crippen LogP) is 3.47. The van der Waals surface area contributed by atoms with E-state index in [4.69, 9.17) is 0 Å². The molecule has 0 spiro atoms. The lowest BCUT2D eigenvalue weighted by Crippen LogP contribution is -2.29. The van der Waals surface area contributed by atoms with Gasteiger partial charge in [-0.1, -0.05) is 20.8 Å². The lowest BCUT2D eigenvalue weighted by Gasteiger charge is -2.38. The van der Waals surface area contributed by atoms with Crippen molar-refractivity contribution in [2.45, 2.75) is 59.5 Å². The molecule has 0 heterocycles. The summed E-state index contributed by atoms with van der Waals surface area (Å²) in [6, 6.07) is 0. The Kier molecular flexibility index (Phi) is 4.43. The molecule has 3 atom stereocenters. The smallest absolute Gasteiger partial charge is 0.0512 e. The quantitative estimate of drug-likeness (QED) is 0.736. The van der Waals surface area contributed by atoms with Gasteiger partial charge in [-0.15, -0.1) is 0 Å². The molecule has 0 aromatic heterocycles. The standard InChI is InChI=1S/C13H26O/c1-9-7-10(2)13(11(3)8-9)6-5-12(4)14/h9-14H,5-8H2,1-4H3. The van der Waals surface area contributed by atoms with Gasteiger partial charge in [0.2, 0.25) is 0 Å². The van der Waals surface area contributed by atoms with Crippen LogP contribution in [0.3, 0.4) is 0 Å². The monoisotopic (exact) mass is 198 g/mol. The van der Waals surface area contributed by atoms with E-state index in [1.807, 2.05) is 6.92 Å². The van der Waals surface area contributed by atoms with Crippen molar-refractivity contribution in [3.63, 3.8) is 0 Å². The first-order valence-corrected chi connectivity index (χ1v) is 6.18. The Balaban J connectivity index is 2.41. The molecular weight excluding hydrogens is 172 g/mol. The maximum Gasteiger partial charge on any atom is 0.0512 e. The normalized spacial score (nSPS) is 40.9. The minimum absolute atomic E-state index is 0.117. The molecule has 0 amide bonds. The lowest BCUT2D eigenvalue weighted by atomic mass is 9.68. The van der Waals surface area contributed by atoms with Crippen molar-refractivity contribution in [3.05, 3.63) is 0 Å². The fraction of sp³-hybridized carbons (Fsp3) is 1.00. The summed E-state index contributed by atoms with van der Waals surface area (Å²) >= 11 is 0. The summed E-state index contributed by atoms with van der Waals surface area (Å²) in [5.41, 5.74) is 0. The van der Waals surface area contributed by atoms with Crippen molar-refractivity contribution in [1.29, 1.82) is 0 Å². The zero-order valence-electron chi connectivity index (χ0n) is 10.2. The third-order valence-electron chi connectivity index (χ3n) is 3.93. The molecule has 0 aromatic carbocycles. The molecule has 0 aliphatic heterocycles. The first-order valence-electron chi connectivity index (χ1n) is 6.18. The van der Waals surface area contributed by atoms with E-state index < -0.39 is 0 Å². The van der Waals surface area contributed by atoms with Crippen molar-refractivity contribution in [3.8, 4) is 0 Å². The van der Waals surface area contributed by atoms with E-state index in [9.17, 15) is 5.11 Å². The van der Waals surface area contributed by atoms with Crippen LogP contribution in [0.2, 0.25) is 0 Å². The molecule has 1 rings (SSSR count). The highest BCUT2D eigenvalue weighted by Gasteiger charge is 2.30. The number of aliphatic hydroxyl groups excluding tert-OH is 1. The molecule has 14 heavy (non-hydrogen) atoms. The third-order valence-corrected chi connectivity index (χ3v) is 3.93. The Labute approximate surface area is 88.9 Å². The molecule has 1 heteroatoms. The van der Waals surface area contributed by atoms with E-state index in [0.29, 0.717) is 0 Å². The second-order valence-corrected chi connectivity index (χ2v) is 5.62. The lowest BCUT2D eigenvalue weighted by molar-refractivity contribution is 0.102. The van der Waals surface area contributed by atoms with Crippen molar-refractivity contribution < 1.29 is 5.11 Å². The maximum atomic E-state index is 9.31. The Hall–Kier alpha value is -0.0400. The molecule has 0 saturated heterocycles. The zero-order valence-corrected chi connectivity index (χ0v) is 10.2. The Morgan fingerprint density at radius 2 is 1.64 bits per heavy atom. The van der Waals surface area contributed by atoms with E-state index in [1.165, 1.54) is 19.3 Å². The van der Waals surface area contributed by atoms with E-state index in [-0.39, 0.29) is 6.10 Å². The van der Waals surface area contributed by atoms with E-state index in [2.05, 4.69) is 20.8 Å². The minimum atomic E-state index is -0.117. The molecule has 1 aliphatic rings. The van der Waals surface area contributed by atoms with Gasteiger partial charge >= 0.3 is 0 Å². The van der Waals surface area contributed by atoms with Gasteiger partial charge in [0.15, 0.2) is 0 Å². The average Bonchev–Trinajstić information content (AvgIpc) is 2.01. The van der Waals surface area contributed by atoms with Crippen molar-refractivity contribution in [2.24, 2.45) is 23.7 Å². The molecule has 1 fully saturated rings. The molecule has 84 valence electrons. The zero-order chi connectivity index (χ0) is 10.7. The summed E-state index contributed by atoms with van der Waals surface area (Å²) in [6.45, 7) is 9.05. The molecular formula is C13H26O. The van der Waals surface area contributed by atoms with Crippen LogP contribution in [-0.4, -0.2) is 11.2 Å². The molecule has 0 bridgehead atoms. The summed E-state index contributed by atoms with van der Waals surface area (Å²) < 4.78 is 0. The number of rotatable bonds is 3. The van der Waals surface area contributed by atoms with Gasteiger partial charge < -0.3 is 5.11 Å². The van der Waals surface area contributed by atoms with E-state index in [0.717, 1.165) is 30.1 Å². The van der Waals surface area contributed by atoms with Crippen molar-refractivity contribution in [2.75, 3.05) is 0 Å². The fourth-order valence-corrected chi connectivity index (χ4v) is 3.28. The second kappa shape index (κ2) is 5.16. The first-order chi connectivity index (χ1) is 6.50. The van der Waals surface area contributed by atoms with Crippen LogP contribution in [0.1, 0.15) is 53.4 Å². The van der Waals surface area contributed by atoms with Crippen LogP contribution >= 0.6 is 0 Å². The summed E-state index contributed by atoms with van der Waals surface area (Å²) in [5, 5.41) is 9.31. The van der Waals surface area contributed by atoms with Crippen LogP contribution in [0.25, 0.3) is 0 Å². The van der Waals surface area contributed by atoms with Crippen LogP contribution < -0.4 is 0 Å². The molecule has 0 radical (unpaired) electrons. The topological polar surface area (TPSA) is 20.2 Å². The Morgan fingerprint density at radius 1 is 1.14 bits per heavy atom. The first kappa shape index (κ1) is 12.0. The van der Waals surface area contributed by atoms with Crippen LogP contribution in [0, 0.1) is 23.7 Å². The average molecular weight is 198 g/mol. The van der Waals surface area contributed by atoms with Crippen LogP contribution in [0.5, 0.6) is 0 Å². The van der Waals surface area contributed by atoms with E-state index >= 15 is 0 Å². The second-order valence-electron chi connectivity index (χ2n) is 5.62. The van der Waals surface area contributed by atoms with Gasteiger partial charge in [-0.25, -0.2) is 0 Å². The summed E-state index contributed by atoms with van der Waals surface area (Å²) in [7, 11) is 0. The van der Waals surface area contributed by atoms with Gasteiger partial charge in [0.05, 0.1) is 6.10 Å². The van der Waals surface area contributed by atoms with Gasteiger partial charge in [0.25, 0.3) is 0 Å². The van der Waals surface area contributed by atoms with Gasteiger partial charge in [0.1, 0.15) is 0 Å². The number of hydrogen-bond acceptors (Lipinski definition) is 1. The minimum Gasteiger partial charge on any atom is -0.393 e. The van der Waals surface area contributed by atoms with Crippen molar-refractivity contribution in [1.82, 2.24) is 0 Å². The van der Waals surface area contributed by atoms with Gasteiger partial charge in [-0.3, -0.25) is 0 Å². The highest BCUT2D eigenvalue weighted by molar-refractivity contribution is 4.81. The van der Waals surface area contributed by atoms with Gasteiger partial charge in [-0.05, 0) is 56.3 Å². The fourth-order valence-electron chi connectivity index (χ4n) is 3.28. The molecule has 1 nitrogen and oxygen atoms in total. The van der Waals surface area contributed by atoms with Crippen LogP contribution in [-0.2, 0) is 0 Å². The molecule has 3 unspecified atom stereocenters. The summed E-state index contributed by atoms with van der Waals surface area (Å²) in [4.78, 5) is 0. The maximum absolute atomic E-state index is 9.31. The Morgan fingerprint density at radius 3 is 2.07 bits per heavy atom. The van der Waals surface area contributed by atoms with Crippen LogP contribution in [0.4, 0.5) is 0 Å². The van der Waals surface area contributed by atoms with Crippen molar-refractivity contribution >= 4 is 0 Å². The summed E-state index contributed by atoms with van der Waals surface area (Å²) in [6.07, 6.45) is 4.85. The highest BCUT2D eigenvalue weighted by atomic mass is 16.3. The van der Waals surface area contributed by atoms with Gasteiger partial charge in [0, 0.05) is 0 Å². The van der Waals surface area contributed by atoms with E-state index in [1.54, 1.807) is 0 Å². The molecule has 1 aliphatic carbocycles. The van der Waals surface area contributed by atoms with Gasteiger partial charge in [-0.2, -0.15) is 0 Å². The van der Waals surface area contributed by atoms with Crippen LogP contribution in [0.15, 0.2) is 0 Å². The molecule has 1 saturated carbocycles. The third kappa shape index (κ3) is 3.27. The summed E-state index contributed by atoms with van der Waals surface area (Å²) in [5.74, 6) is 3.46. The largest absolute Gasteiger partial charge is 0.393 e. The SMILES string of the molecule is CC(O)CCC1C(C)CC(C)CC1C. The molecule has 0 aromatic rings. The Bertz CT molecular complexity index is 153.